The highest BCUT2D eigenvalue weighted by molar-refractivity contribution is 5.38. The summed E-state index contributed by atoms with van der Waals surface area (Å²) < 4.78 is 11.4. The number of rotatable bonds is 6. The van der Waals surface area contributed by atoms with Crippen molar-refractivity contribution >= 4 is 0 Å². The fourth-order valence-corrected chi connectivity index (χ4v) is 3.40. The Hall–Kier alpha value is -1.10. The molecule has 1 aromatic carbocycles. The molecule has 4 heteroatoms. The van der Waals surface area contributed by atoms with E-state index in [1.165, 1.54) is 24.0 Å². The third-order valence-corrected chi connectivity index (χ3v) is 4.36. The van der Waals surface area contributed by atoms with E-state index in [2.05, 4.69) is 25.3 Å². The minimum atomic E-state index is -0.178. The second-order valence-corrected chi connectivity index (χ2v) is 5.53. The molecule has 3 N–H and O–H groups in total. The molecule has 0 aromatic heterocycles. The summed E-state index contributed by atoms with van der Waals surface area (Å²) in [5.74, 6) is 6.75. The van der Waals surface area contributed by atoms with Crippen molar-refractivity contribution in [3.05, 3.63) is 29.3 Å². The van der Waals surface area contributed by atoms with Crippen LogP contribution in [-0.4, -0.2) is 19.3 Å². The molecule has 0 heterocycles. The van der Waals surface area contributed by atoms with E-state index in [0.29, 0.717) is 6.61 Å². The molecule has 1 aliphatic carbocycles. The number of hydrogen-bond acceptors (Lipinski definition) is 4. The number of nitrogens with one attached hydrogen (secondary N) is 1. The minimum Gasteiger partial charge on any atom is -0.497 e. The maximum atomic E-state index is 6.14. The smallest absolute Gasteiger partial charge is 0.119 e. The molecule has 0 bridgehead atoms. The van der Waals surface area contributed by atoms with E-state index in [-0.39, 0.29) is 11.6 Å². The number of hydrogen-bond donors (Lipinski definition) is 2. The highest BCUT2D eigenvalue weighted by Crippen LogP contribution is 2.43. The third kappa shape index (κ3) is 2.82. The fourth-order valence-electron chi connectivity index (χ4n) is 3.40. The van der Waals surface area contributed by atoms with Crippen LogP contribution in [0.3, 0.4) is 0 Å². The van der Waals surface area contributed by atoms with Gasteiger partial charge in [0.15, 0.2) is 0 Å². The zero-order chi connectivity index (χ0) is 14.6. The van der Waals surface area contributed by atoms with Crippen molar-refractivity contribution in [3.8, 4) is 5.75 Å². The molecule has 0 spiro atoms. The van der Waals surface area contributed by atoms with Gasteiger partial charge in [-0.3, -0.25) is 11.3 Å². The van der Waals surface area contributed by atoms with E-state index in [4.69, 9.17) is 15.3 Å². The third-order valence-electron chi connectivity index (χ3n) is 4.36. The summed E-state index contributed by atoms with van der Waals surface area (Å²) in [6.45, 7) is 4.86. The topological polar surface area (TPSA) is 56.5 Å². The first-order valence-electron chi connectivity index (χ1n) is 7.41. The van der Waals surface area contributed by atoms with Gasteiger partial charge in [0, 0.05) is 6.61 Å². The first kappa shape index (κ1) is 15.3. The highest BCUT2D eigenvalue weighted by Gasteiger charge is 2.43. The van der Waals surface area contributed by atoms with E-state index in [1.807, 2.05) is 12.1 Å². The van der Waals surface area contributed by atoms with Crippen molar-refractivity contribution in [1.82, 2.24) is 5.43 Å². The predicted molar refractivity (Wildman–Crippen MR) is 80.6 cm³/mol. The standard InChI is InChI=1S/C16H26N2O2/c1-4-20-16(9-5-6-10-16)15(18-17)14-8-7-13(19-3)11-12(14)2/h7-8,11,15,18H,4-6,9-10,17H2,1-3H3. The molecule has 4 nitrogen and oxygen atoms in total. The number of hydrazine groups is 1. The van der Waals surface area contributed by atoms with Crippen molar-refractivity contribution in [2.75, 3.05) is 13.7 Å². The lowest BCUT2D eigenvalue weighted by molar-refractivity contribution is -0.0628. The molecule has 0 amide bonds. The largest absolute Gasteiger partial charge is 0.497 e. The zero-order valence-electron chi connectivity index (χ0n) is 12.7. The van der Waals surface area contributed by atoms with Crippen LogP contribution in [0.1, 0.15) is 49.8 Å². The number of methoxy groups -OCH3 is 1. The molecule has 1 saturated carbocycles. The first-order chi connectivity index (χ1) is 9.66. The minimum absolute atomic E-state index is 0.0239. The van der Waals surface area contributed by atoms with Gasteiger partial charge < -0.3 is 9.47 Å². The molecule has 1 fully saturated rings. The van der Waals surface area contributed by atoms with Crippen LogP contribution in [0.15, 0.2) is 18.2 Å². The van der Waals surface area contributed by atoms with E-state index < -0.39 is 0 Å². The molecular weight excluding hydrogens is 252 g/mol. The summed E-state index contributed by atoms with van der Waals surface area (Å²) in [6, 6.07) is 6.16. The maximum Gasteiger partial charge on any atom is 0.119 e. The van der Waals surface area contributed by atoms with Crippen molar-refractivity contribution in [2.45, 2.75) is 51.2 Å². The van der Waals surface area contributed by atoms with Gasteiger partial charge in [0.05, 0.1) is 18.8 Å². The zero-order valence-corrected chi connectivity index (χ0v) is 12.7. The molecule has 112 valence electrons. The Morgan fingerprint density at radius 3 is 2.55 bits per heavy atom. The van der Waals surface area contributed by atoms with Crippen LogP contribution in [0.2, 0.25) is 0 Å². The van der Waals surface area contributed by atoms with Gasteiger partial charge in [-0.15, -0.1) is 0 Å². The highest BCUT2D eigenvalue weighted by atomic mass is 16.5. The van der Waals surface area contributed by atoms with Gasteiger partial charge >= 0.3 is 0 Å². The second kappa shape index (κ2) is 6.57. The van der Waals surface area contributed by atoms with Crippen LogP contribution in [0.4, 0.5) is 0 Å². The predicted octanol–water partition coefficient (Wildman–Crippen LogP) is 2.86. The molecular formula is C16H26N2O2. The van der Waals surface area contributed by atoms with E-state index >= 15 is 0 Å². The van der Waals surface area contributed by atoms with Crippen LogP contribution in [0, 0.1) is 6.92 Å². The normalized spacial score (nSPS) is 19.0. The van der Waals surface area contributed by atoms with Gasteiger partial charge in [0.1, 0.15) is 5.75 Å². The Bertz CT molecular complexity index is 442. The van der Waals surface area contributed by atoms with Crippen LogP contribution in [0.5, 0.6) is 5.75 Å². The number of ether oxygens (including phenoxy) is 2. The number of nitrogens with two attached hydrogens (primary N) is 1. The Morgan fingerprint density at radius 2 is 2.05 bits per heavy atom. The van der Waals surface area contributed by atoms with Crippen molar-refractivity contribution in [1.29, 1.82) is 0 Å². The van der Waals surface area contributed by atoms with Crippen molar-refractivity contribution in [3.63, 3.8) is 0 Å². The van der Waals surface area contributed by atoms with Crippen molar-refractivity contribution < 1.29 is 9.47 Å². The van der Waals surface area contributed by atoms with Crippen LogP contribution in [0.25, 0.3) is 0 Å². The quantitative estimate of drug-likeness (QED) is 0.620. The summed E-state index contributed by atoms with van der Waals surface area (Å²) in [4.78, 5) is 0. The molecule has 2 rings (SSSR count). The first-order valence-corrected chi connectivity index (χ1v) is 7.41. The molecule has 1 unspecified atom stereocenters. The average molecular weight is 278 g/mol. The maximum absolute atomic E-state index is 6.14. The summed E-state index contributed by atoms with van der Waals surface area (Å²) in [6.07, 6.45) is 4.52. The molecule has 1 atom stereocenters. The van der Waals surface area contributed by atoms with E-state index in [1.54, 1.807) is 7.11 Å². The van der Waals surface area contributed by atoms with Gasteiger partial charge in [-0.1, -0.05) is 18.9 Å². The molecule has 0 saturated heterocycles. The van der Waals surface area contributed by atoms with Crippen LogP contribution >= 0.6 is 0 Å². The van der Waals surface area contributed by atoms with Crippen LogP contribution < -0.4 is 16.0 Å². The monoisotopic (exact) mass is 278 g/mol. The van der Waals surface area contributed by atoms with E-state index in [0.717, 1.165) is 18.6 Å². The SMILES string of the molecule is CCOC1(C(NN)c2ccc(OC)cc2C)CCCC1. The van der Waals surface area contributed by atoms with Gasteiger partial charge in [-0.05, 0) is 49.9 Å². The Kier molecular flexibility index (Phi) is 5.02. The molecule has 0 radical (unpaired) electrons. The van der Waals surface area contributed by atoms with Gasteiger partial charge in [0.25, 0.3) is 0 Å². The van der Waals surface area contributed by atoms with Crippen molar-refractivity contribution in [2.24, 2.45) is 5.84 Å². The lowest BCUT2D eigenvalue weighted by Gasteiger charge is -2.38. The summed E-state index contributed by atoms with van der Waals surface area (Å²) in [5, 5.41) is 0. The molecule has 1 aromatic rings. The molecule has 1 aliphatic rings. The summed E-state index contributed by atoms with van der Waals surface area (Å²) in [5.41, 5.74) is 5.20. The summed E-state index contributed by atoms with van der Waals surface area (Å²) in [7, 11) is 1.69. The Balaban J connectivity index is 2.35. The number of aryl methyl sites for hydroxylation is 1. The fraction of sp³-hybridized carbons (Fsp3) is 0.625. The number of benzene rings is 1. The lowest BCUT2D eigenvalue weighted by atomic mass is 9.85. The van der Waals surface area contributed by atoms with Gasteiger partial charge in [-0.25, -0.2) is 0 Å². The Labute approximate surface area is 121 Å². The molecule has 0 aliphatic heterocycles. The molecule has 20 heavy (non-hydrogen) atoms. The Morgan fingerprint density at radius 1 is 1.35 bits per heavy atom. The second-order valence-electron chi connectivity index (χ2n) is 5.53. The summed E-state index contributed by atoms with van der Waals surface area (Å²) >= 11 is 0. The van der Waals surface area contributed by atoms with Gasteiger partial charge in [-0.2, -0.15) is 0 Å². The van der Waals surface area contributed by atoms with Crippen LogP contribution in [-0.2, 0) is 4.74 Å². The van der Waals surface area contributed by atoms with E-state index in [9.17, 15) is 0 Å². The lowest BCUT2D eigenvalue weighted by Crippen LogP contribution is -2.47. The van der Waals surface area contributed by atoms with Gasteiger partial charge in [0.2, 0.25) is 0 Å². The average Bonchev–Trinajstić information content (AvgIpc) is 2.91.